The molecule has 0 heterocycles. The maximum atomic E-state index is 11.8. The Morgan fingerprint density at radius 2 is 1.89 bits per heavy atom. The minimum atomic E-state index is -3.81. The van der Waals surface area contributed by atoms with Crippen molar-refractivity contribution in [2.75, 3.05) is 26.8 Å². The molecule has 0 bridgehead atoms. The number of ether oxygens (including phenoxy) is 1. The molecule has 0 fully saturated rings. The van der Waals surface area contributed by atoms with Crippen LogP contribution in [0, 0.1) is 6.92 Å². The number of rotatable bonds is 7. The maximum absolute atomic E-state index is 11.8. The molecule has 2 N–H and O–H groups in total. The van der Waals surface area contributed by atoms with Crippen LogP contribution in [0.15, 0.2) is 29.2 Å². The van der Waals surface area contributed by atoms with Crippen molar-refractivity contribution in [3.8, 4) is 0 Å². The van der Waals surface area contributed by atoms with Crippen molar-refractivity contribution in [3.05, 3.63) is 29.8 Å². The molecule has 106 valence electrons. The summed E-state index contributed by atoms with van der Waals surface area (Å²) in [7, 11) is -2.06. The third-order valence-corrected chi connectivity index (χ3v) is 3.70. The number of sulfonamides is 1. The maximum Gasteiger partial charge on any atom is 0.264 e. The van der Waals surface area contributed by atoms with E-state index in [1.54, 1.807) is 19.2 Å². The number of nitrogens with one attached hydrogen (secondary N) is 2. The molecule has 0 aromatic heterocycles. The Morgan fingerprint density at radius 3 is 2.47 bits per heavy atom. The Bertz CT molecular complexity index is 511. The van der Waals surface area contributed by atoms with Gasteiger partial charge in [-0.25, -0.2) is 13.1 Å². The predicted octanol–water partition coefficient (Wildman–Crippen LogP) is 0.0359. The molecule has 0 saturated heterocycles. The van der Waals surface area contributed by atoms with Gasteiger partial charge in [-0.2, -0.15) is 0 Å². The van der Waals surface area contributed by atoms with Crippen LogP contribution in [0.2, 0.25) is 0 Å². The average Bonchev–Trinajstić information content (AvgIpc) is 2.34. The number of likely N-dealkylation sites (N-methyl/N-ethyl adjacent to an activating group) is 1. The fourth-order valence-electron chi connectivity index (χ4n) is 1.29. The van der Waals surface area contributed by atoms with E-state index in [9.17, 15) is 13.2 Å². The van der Waals surface area contributed by atoms with Crippen LogP contribution in [0.25, 0.3) is 0 Å². The fraction of sp³-hybridized carbons (Fsp3) is 0.417. The van der Waals surface area contributed by atoms with E-state index in [-0.39, 0.29) is 11.5 Å². The van der Waals surface area contributed by atoms with Crippen LogP contribution in [0.1, 0.15) is 5.56 Å². The summed E-state index contributed by atoms with van der Waals surface area (Å²) in [6, 6.07) is 6.24. The molecule has 19 heavy (non-hydrogen) atoms. The van der Waals surface area contributed by atoms with Gasteiger partial charge < -0.3 is 10.1 Å². The number of hydrogen-bond acceptors (Lipinski definition) is 5. The van der Waals surface area contributed by atoms with E-state index >= 15 is 0 Å². The first kappa shape index (κ1) is 15.6. The molecule has 1 aromatic carbocycles. The van der Waals surface area contributed by atoms with Gasteiger partial charge >= 0.3 is 0 Å². The van der Waals surface area contributed by atoms with E-state index in [1.807, 2.05) is 11.6 Å². The normalized spacial score (nSPS) is 11.3. The van der Waals surface area contributed by atoms with E-state index in [0.717, 1.165) is 5.56 Å². The molecule has 0 radical (unpaired) electrons. The molecule has 0 aliphatic heterocycles. The predicted molar refractivity (Wildman–Crippen MR) is 71.3 cm³/mol. The molecule has 0 unspecified atom stereocenters. The van der Waals surface area contributed by atoms with Crippen molar-refractivity contribution < 1.29 is 17.9 Å². The second kappa shape index (κ2) is 7.22. The number of benzene rings is 1. The summed E-state index contributed by atoms with van der Waals surface area (Å²) in [6.45, 7) is 2.50. The first-order valence-corrected chi connectivity index (χ1v) is 7.28. The van der Waals surface area contributed by atoms with Crippen LogP contribution >= 0.6 is 0 Å². The number of hydrogen-bond donors (Lipinski definition) is 2. The summed E-state index contributed by atoms with van der Waals surface area (Å²) in [5.74, 6) is -0.684. The lowest BCUT2D eigenvalue weighted by molar-refractivity contribution is -0.123. The number of carbonyl (C=O) groups excluding carboxylic acids is 1. The monoisotopic (exact) mass is 286 g/mol. The standard InChI is InChI=1S/C12H18N2O4S/c1-10-3-5-11(6-4-10)19(16,17)14-12(15)9-18-8-7-13-2/h3-6,13H,7-9H2,1-2H3,(H,14,15). The molecule has 0 spiro atoms. The Morgan fingerprint density at radius 1 is 1.26 bits per heavy atom. The highest BCUT2D eigenvalue weighted by molar-refractivity contribution is 7.90. The van der Waals surface area contributed by atoms with Crippen LogP contribution in [0.5, 0.6) is 0 Å². The zero-order chi connectivity index (χ0) is 14.3. The number of carbonyl (C=O) groups is 1. The van der Waals surface area contributed by atoms with Crippen molar-refractivity contribution in [1.82, 2.24) is 10.0 Å². The van der Waals surface area contributed by atoms with Crippen LogP contribution < -0.4 is 10.0 Å². The first-order valence-electron chi connectivity index (χ1n) is 5.80. The number of aryl methyl sites for hydroxylation is 1. The molecule has 0 aliphatic carbocycles. The zero-order valence-corrected chi connectivity index (χ0v) is 11.8. The summed E-state index contributed by atoms with van der Waals surface area (Å²) in [6.07, 6.45) is 0. The second-order valence-electron chi connectivity index (χ2n) is 4.00. The second-order valence-corrected chi connectivity index (χ2v) is 5.68. The van der Waals surface area contributed by atoms with Gasteiger partial charge in [0.1, 0.15) is 6.61 Å². The third-order valence-electron chi connectivity index (χ3n) is 2.31. The first-order chi connectivity index (χ1) is 8.95. The quantitative estimate of drug-likeness (QED) is 0.691. The summed E-state index contributed by atoms with van der Waals surface area (Å²) in [4.78, 5) is 11.5. The van der Waals surface area contributed by atoms with Crippen molar-refractivity contribution >= 4 is 15.9 Å². The molecule has 0 aliphatic rings. The van der Waals surface area contributed by atoms with E-state index in [1.165, 1.54) is 12.1 Å². The van der Waals surface area contributed by atoms with Gasteiger partial charge in [-0.05, 0) is 26.1 Å². The van der Waals surface area contributed by atoms with E-state index in [2.05, 4.69) is 5.32 Å². The van der Waals surface area contributed by atoms with Gasteiger partial charge in [0, 0.05) is 6.54 Å². The lowest BCUT2D eigenvalue weighted by atomic mass is 10.2. The highest BCUT2D eigenvalue weighted by Crippen LogP contribution is 2.09. The molecule has 1 amide bonds. The third kappa shape index (κ3) is 5.37. The lowest BCUT2D eigenvalue weighted by Gasteiger charge is -2.07. The molecule has 1 rings (SSSR count). The highest BCUT2D eigenvalue weighted by atomic mass is 32.2. The summed E-state index contributed by atoms with van der Waals surface area (Å²) < 4.78 is 30.6. The van der Waals surface area contributed by atoms with E-state index in [0.29, 0.717) is 13.2 Å². The smallest absolute Gasteiger partial charge is 0.264 e. The van der Waals surface area contributed by atoms with Gasteiger partial charge in [0.05, 0.1) is 11.5 Å². The van der Waals surface area contributed by atoms with E-state index in [4.69, 9.17) is 4.74 Å². The van der Waals surface area contributed by atoms with Crippen LogP contribution in [-0.4, -0.2) is 41.1 Å². The molecule has 0 saturated carbocycles. The number of amides is 1. The molecular formula is C12H18N2O4S. The average molecular weight is 286 g/mol. The Labute approximate surface area is 113 Å². The van der Waals surface area contributed by atoms with Gasteiger partial charge in [0.25, 0.3) is 15.9 Å². The van der Waals surface area contributed by atoms with Gasteiger partial charge in [-0.1, -0.05) is 17.7 Å². The molecular weight excluding hydrogens is 268 g/mol. The summed E-state index contributed by atoms with van der Waals surface area (Å²) >= 11 is 0. The Kier molecular flexibility index (Phi) is 5.94. The lowest BCUT2D eigenvalue weighted by Crippen LogP contribution is -2.34. The van der Waals surface area contributed by atoms with Crippen molar-refractivity contribution in [1.29, 1.82) is 0 Å². The Hall–Kier alpha value is -1.44. The molecule has 6 nitrogen and oxygen atoms in total. The summed E-state index contributed by atoms with van der Waals surface area (Å²) in [5.41, 5.74) is 0.945. The van der Waals surface area contributed by atoms with Gasteiger partial charge in [0.15, 0.2) is 0 Å². The zero-order valence-electron chi connectivity index (χ0n) is 11.0. The van der Waals surface area contributed by atoms with Crippen LogP contribution in [0.4, 0.5) is 0 Å². The highest BCUT2D eigenvalue weighted by Gasteiger charge is 2.17. The van der Waals surface area contributed by atoms with Gasteiger partial charge in [0.2, 0.25) is 0 Å². The van der Waals surface area contributed by atoms with Crippen molar-refractivity contribution in [3.63, 3.8) is 0 Å². The van der Waals surface area contributed by atoms with Crippen molar-refractivity contribution in [2.45, 2.75) is 11.8 Å². The van der Waals surface area contributed by atoms with Gasteiger partial charge in [-0.15, -0.1) is 0 Å². The van der Waals surface area contributed by atoms with E-state index < -0.39 is 15.9 Å². The molecule has 1 aromatic rings. The minimum absolute atomic E-state index is 0.0571. The van der Waals surface area contributed by atoms with Gasteiger partial charge in [-0.3, -0.25) is 4.79 Å². The van der Waals surface area contributed by atoms with Crippen molar-refractivity contribution in [2.24, 2.45) is 0 Å². The largest absolute Gasteiger partial charge is 0.370 e. The molecule has 7 heteroatoms. The molecule has 0 atom stereocenters. The SMILES string of the molecule is CNCCOCC(=O)NS(=O)(=O)c1ccc(C)cc1. The van der Waals surface area contributed by atoms with Crippen LogP contribution in [0.3, 0.4) is 0 Å². The topological polar surface area (TPSA) is 84.5 Å². The fourth-order valence-corrected chi connectivity index (χ4v) is 2.27. The minimum Gasteiger partial charge on any atom is -0.370 e. The van der Waals surface area contributed by atoms with Crippen LogP contribution in [-0.2, 0) is 19.6 Å². The Balaban J connectivity index is 2.55. The summed E-state index contributed by atoms with van der Waals surface area (Å²) in [5, 5.41) is 2.85.